The molecule has 8 heteroatoms. The topological polar surface area (TPSA) is 73.4 Å². The van der Waals surface area contributed by atoms with Crippen molar-refractivity contribution in [1.82, 2.24) is 14.7 Å². The van der Waals surface area contributed by atoms with Crippen LogP contribution in [0.25, 0.3) is 0 Å². The molecule has 0 aliphatic carbocycles. The quantitative estimate of drug-likeness (QED) is 0.866. The number of hydrogen-bond acceptors (Lipinski definition) is 4. The zero-order valence-electron chi connectivity index (χ0n) is 14.1. The minimum atomic E-state index is -0.265. The second kappa shape index (κ2) is 9.61. The Hall–Kier alpha value is -0.820. The molecule has 1 aromatic rings. The van der Waals surface area contributed by atoms with Gasteiger partial charge in [-0.1, -0.05) is 0 Å². The number of piperidine rings is 1. The van der Waals surface area contributed by atoms with Crippen LogP contribution in [0.1, 0.15) is 31.2 Å². The minimum absolute atomic E-state index is 0. The van der Waals surface area contributed by atoms with Gasteiger partial charge in [-0.05, 0) is 44.1 Å². The van der Waals surface area contributed by atoms with E-state index in [-0.39, 0.29) is 42.9 Å². The molecule has 138 valence electrons. The van der Waals surface area contributed by atoms with E-state index in [9.17, 15) is 4.79 Å². The third-order valence-electron chi connectivity index (χ3n) is 4.78. The number of ether oxygens (including phenoxy) is 1. The lowest BCUT2D eigenvalue weighted by Gasteiger charge is -2.33. The third-order valence-corrected chi connectivity index (χ3v) is 4.78. The number of rotatable bonds is 4. The highest BCUT2D eigenvalue weighted by Crippen LogP contribution is 2.24. The molecule has 24 heavy (non-hydrogen) atoms. The van der Waals surface area contributed by atoms with E-state index < -0.39 is 0 Å². The first kappa shape index (κ1) is 21.2. The fourth-order valence-electron chi connectivity index (χ4n) is 3.43. The van der Waals surface area contributed by atoms with Crippen LogP contribution in [-0.2, 0) is 16.1 Å². The SMILES string of the molecule is Cc1cnn(CC2CCN(C(=O)[C@@H]3CC[C@H](CN)O3)CC2)c1.Cl.Cl. The first-order valence-corrected chi connectivity index (χ1v) is 8.29. The van der Waals surface area contributed by atoms with Crippen molar-refractivity contribution in [2.45, 2.75) is 51.4 Å². The van der Waals surface area contributed by atoms with Crippen LogP contribution in [0.3, 0.4) is 0 Å². The summed E-state index contributed by atoms with van der Waals surface area (Å²) in [7, 11) is 0. The predicted octanol–water partition coefficient (Wildman–Crippen LogP) is 1.78. The highest BCUT2D eigenvalue weighted by atomic mass is 35.5. The van der Waals surface area contributed by atoms with Gasteiger partial charge in [0.1, 0.15) is 6.10 Å². The van der Waals surface area contributed by atoms with Gasteiger partial charge in [0, 0.05) is 32.4 Å². The van der Waals surface area contributed by atoms with E-state index >= 15 is 0 Å². The zero-order chi connectivity index (χ0) is 15.5. The summed E-state index contributed by atoms with van der Waals surface area (Å²) in [5, 5.41) is 4.35. The number of nitrogens with zero attached hydrogens (tertiary/aromatic N) is 3. The van der Waals surface area contributed by atoms with E-state index in [1.807, 2.05) is 15.8 Å². The van der Waals surface area contributed by atoms with Gasteiger partial charge in [-0.25, -0.2) is 0 Å². The van der Waals surface area contributed by atoms with Gasteiger partial charge in [0.25, 0.3) is 5.91 Å². The van der Waals surface area contributed by atoms with Crippen LogP contribution in [0, 0.1) is 12.8 Å². The molecule has 0 radical (unpaired) electrons. The largest absolute Gasteiger partial charge is 0.364 e. The molecule has 0 bridgehead atoms. The van der Waals surface area contributed by atoms with Crippen molar-refractivity contribution in [3.05, 3.63) is 18.0 Å². The Morgan fingerprint density at radius 2 is 2.00 bits per heavy atom. The number of carbonyl (C=O) groups is 1. The average Bonchev–Trinajstić information content (AvgIpc) is 3.16. The van der Waals surface area contributed by atoms with Crippen LogP contribution in [0.4, 0.5) is 0 Å². The molecule has 0 unspecified atom stereocenters. The Morgan fingerprint density at radius 3 is 2.54 bits per heavy atom. The molecule has 1 amide bonds. The van der Waals surface area contributed by atoms with Crippen LogP contribution >= 0.6 is 24.8 Å². The van der Waals surface area contributed by atoms with Crippen molar-refractivity contribution in [1.29, 1.82) is 0 Å². The monoisotopic (exact) mass is 378 g/mol. The van der Waals surface area contributed by atoms with E-state index in [1.165, 1.54) is 5.56 Å². The summed E-state index contributed by atoms with van der Waals surface area (Å²) in [5.41, 5.74) is 6.80. The number of aromatic nitrogens is 2. The Morgan fingerprint density at radius 1 is 1.29 bits per heavy atom. The molecule has 2 N–H and O–H groups in total. The second-order valence-electron chi connectivity index (χ2n) is 6.57. The molecule has 2 aliphatic rings. The number of hydrogen-bond donors (Lipinski definition) is 1. The molecule has 1 aromatic heterocycles. The Labute approximate surface area is 155 Å². The molecule has 3 rings (SSSR count). The molecular formula is C16H28Cl2N4O2. The highest BCUT2D eigenvalue weighted by Gasteiger charge is 2.34. The van der Waals surface area contributed by atoms with Crippen molar-refractivity contribution in [3.63, 3.8) is 0 Å². The Bertz CT molecular complexity index is 518. The van der Waals surface area contributed by atoms with Crippen LogP contribution in [0.5, 0.6) is 0 Å². The van der Waals surface area contributed by atoms with Gasteiger partial charge in [-0.2, -0.15) is 5.10 Å². The summed E-state index contributed by atoms with van der Waals surface area (Å²) < 4.78 is 7.74. The first-order chi connectivity index (χ1) is 10.7. The van der Waals surface area contributed by atoms with E-state index in [0.29, 0.717) is 12.5 Å². The molecule has 0 aromatic carbocycles. The van der Waals surface area contributed by atoms with Gasteiger partial charge in [0.2, 0.25) is 0 Å². The predicted molar refractivity (Wildman–Crippen MR) is 97.7 cm³/mol. The van der Waals surface area contributed by atoms with Gasteiger partial charge < -0.3 is 15.4 Å². The molecular weight excluding hydrogens is 351 g/mol. The normalized spacial score (nSPS) is 24.3. The van der Waals surface area contributed by atoms with Crippen molar-refractivity contribution in [3.8, 4) is 0 Å². The van der Waals surface area contributed by atoms with Gasteiger partial charge in [-0.3, -0.25) is 9.48 Å². The Kier molecular flexibility index (Phi) is 8.50. The lowest BCUT2D eigenvalue weighted by Crippen LogP contribution is -2.44. The lowest BCUT2D eigenvalue weighted by molar-refractivity contribution is -0.144. The molecule has 2 saturated heterocycles. The lowest BCUT2D eigenvalue weighted by atomic mass is 9.96. The maximum Gasteiger partial charge on any atom is 0.251 e. The number of amides is 1. The first-order valence-electron chi connectivity index (χ1n) is 8.29. The minimum Gasteiger partial charge on any atom is -0.364 e. The third kappa shape index (κ3) is 5.09. The number of likely N-dealkylation sites (tertiary alicyclic amines) is 1. The fourth-order valence-corrected chi connectivity index (χ4v) is 3.43. The summed E-state index contributed by atoms with van der Waals surface area (Å²) in [4.78, 5) is 14.4. The Balaban J connectivity index is 0.00000144. The fraction of sp³-hybridized carbons (Fsp3) is 0.750. The zero-order valence-corrected chi connectivity index (χ0v) is 15.7. The molecule has 3 heterocycles. The molecule has 2 fully saturated rings. The van der Waals surface area contributed by atoms with Crippen LogP contribution < -0.4 is 5.73 Å². The molecule has 2 aliphatic heterocycles. The van der Waals surface area contributed by atoms with Crippen LogP contribution in [0.2, 0.25) is 0 Å². The maximum absolute atomic E-state index is 12.5. The smallest absolute Gasteiger partial charge is 0.251 e. The average molecular weight is 379 g/mol. The summed E-state index contributed by atoms with van der Waals surface area (Å²) in [6.07, 6.45) is 7.57. The number of aryl methyl sites for hydroxylation is 1. The van der Waals surface area contributed by atoms with E-state index in [2.05, 4.69) is 18.2 Å². The van der Waals surface area contributed by atoms with Gasteiger partial charge in [-0.15, -0.1) is 24.8 Å². The van der Waals surface area contributed by atoms with E-state index in [0.717, 1.165) is 45.3 Å². The number of halogens is 2. The number of carbonyl (C=O) groups excluding carboxylic acids is 1. The van der Waals surface area contributed by atoms with Gasteiger partial charge >= 0.3 is 0 Å². The summed E-state index contributed by atoms with van der Waals surface area (Å²) in [5.74, 6) is 0.758. The summed E-state index contributed by atoms with van der Waals surface area (Å²) in [6, 6.07) is 0. The molecule has 0 spiro atoms. The van der Waals surface area contributed by atoms with E-state index in [4.69, 9.17) is 10.5 Å². The summed E-state index contributed by atoms with van der Waals surface area (Å²) >= 11 is 0. The van der Waals surface area contributed by atoms with Gasteiger partial charge in [0.15, 0.2) is 0 Å². The highest BCUT2D eigenvalue weighted by molar-refractivity contribution is 5.85. The van der Waals surface area contributed by atoms with E-state index in [1.54, 1.807) is 0 Å². The van der Waals surface area contributed by atoms with Crippen molar-refractivity contribution < 1.29 is 9.53 Å². The second-order valence-corrected chi connectivity index (χ2v) is 6.57. The standard InChI is InChI=1S/C16H26N4O2.2ClH/c1-12-9-18-20(10-12)11-13-4-6-19(7-5-13)16(21)15-3-2-14(8-17)22-15;;/h9-10,13-15H,2-8,11,17H2,1H3;2*1H/t14-,15+;;/m1../s1. The van der Waals surface area contributed by atoms with Crippen molar-refractivity contribution in [2.75, 3.05) is 19.6 Å². The van der Waals surface area contributed by atoms with Gasteiger partial charge in [0.05, 0.1) is 12.3 Å². The van der Waals surface area contributed by atoms with Crippen LogP contribution in [0.15, 0.2) is 12.4 Å². The van der Waals surface area contributed by atoms with Crippen molar-refractivity contribution in [2.24, 2.45) is 11.7 Å². The molecule has 2 atom stereocenters. The van der Waals surface area contributed by atoms with Crippen LogP contribution in [-0.4, -0.2) is 52.4 Å². The van der Waals surface area contributed by atoms with Crippen molar-refractivity contribution >= 4 is 30.7 Å². The summed E-state index contributed by atoms with van der Waals surface area (Å²) in [6.45, 7) is 5.18. The number of nitrogens with two attached hydrogens (primary N) is 1. The molecule has 6 nitrogen and oxygen atoms in total. The molecule has 0 saturated carbocycles. The maximum atomic E-state index is 12.5.